The maximum atomic E-state index is 14.4. The molecule has 0 aliphatic carbocycles. The van der Waals surface area contributed by atoms with Crippen LogP contribution in [-0.2, 0) is 44.6 Å². The first kappa shape index (κ1) is 41.4. The quantitative estimate of drug-likeness (QED) is 0.173. The molecule has 1 aromatic rings. The van der Waals surface area contributed by atoms with E-state index in [1.165, 1.54) is 25.1 Å². The van der Waals surface area contributed by atoms with Gasteiger partial charge < -0.3 is 41.0 Å². The van der Waals surface area contributed by atoms with Gasteiger partial charge in [0.2, 0.25) is 17.7 Å². The third-order valence-electron chi connectivity index (χ3n) is 6.33. The maximum absolute atomic E-state index is 14.4. The van der Waals surface area contributed by atoms with Crippen molar-refractivity contribution in [3.05, 3.63) is 35.6 Å². The minimum absolute atomic E-state index is 0.187. The van der Waals surface area contributed by atoms with Crippen LogP contribution in [-0.4, -0.2) is 87.9 Å². The van der Waals surface area contributed by atoms with E-state index in [1.807, 2.05) is 0 Å². The van der Waals surface area contributed by atoms with Crippen molar-refractivity contribution in [1.82, 2.24) is 16.0 Å². The Hall–Kier alpha value is -3.62. The van der Waals surface area contributed by atoms with Crippen LogP contribution in [0.25, 0.3) is 0 Å². The van der Waals surface area contributed by atoms with Crippen LogP contribution in [0.15, 0.2) is 24.3 Å². The van der Waals surface area contributed by atoms with E-state index < -0.39 is 95.1 Å². The third-order valence-corrected chi connectivity index (χ3v) is 6.33. The summed E-state index contributed by atoms with van der Waals surface area (Å²) in [5.41, 5.74) is 2.44. The number of benzene rings is 1. The van der Waals surface area contributed by atoms with Gasteiger partial charge in [0.05, 0.1) is 35.9 Å². The predicted octanol–water partition coefficient (Wildman–Crippen LogP) is 2.38. The highest BCUT2D eigenvalue weighted by molar-refractivity contribution is 5.95. The van der Waals surface area contributed by atoms with Crippen molar-refractivity contribution in [2.75, 3.05) is 6.61 Å². The summed E-state index contributed by atoms with van der Waals surface area (Å²) in [6, 6.07) is 1.29. The van der Waals surface area contributed by atoms with Gasteiger partial charge in [-0.1, -0.05) is 18.2 Å². The molecule has 0 heterocycles. The molecule has 6 N–H and O–H groups in total. The van der Waals surface area contributed by atoms with Gasteiger partial charge in [-0.2, -0.15) is 0 Å². The van der Waals surface area contributed by atoms with E-state index in [0.29, 0.717) is 0 Å². The van der Waals surface area contributed by atoms with E-state index in [0.717, 1.165) is 0 Å². The number of rotatable bonds is 15. The number of carbonyl (C=O) groups is 5. The molecule has 3 amide bonds. The summed E-state index contributed by atoms with van der Waals surface area (Å²) in [5, 5.41) is 17.1. The van der Waals surface area contributed by atoms with E-state index in [2.05, 4.69) is 16.0 Å². The summed E-state index contributed by atoms with van der Waals surface area (Å²) >= 11 is 0. The first-order valence-electron chi connectivity index (χ1n) is 15.4. The number of aliphatic carboxylic acids is 1. The number of esters is 1. The smallest absolute Gasteiger partial charge is 0.326 e. The zero-order valence-electron chi connectivity index (χ0n) is 29.4. The van der Waals surface area contributed by atoms with Crippen LogP contribution >= 0.6 is 0 Å². The molecule has 13 nitrogen and oxygen atoms in total. The molecule has 0 spiro atoms. The molecule has 0 unspecified atom stereocenters. The van der Waals surface area contributed by atoms with Gasteiger partial charge in [-0.25, -0.2) is 9.18 Å². The van der Waals surface area contributed by atoms with E-state index in [9.17, 15) is 33.5 Å². The van der Waals surface area contributed by atoms with Gasteiger partial charge in [0, 0.05) is 6.42 Å². The molecule has 266 valence electrons. The van der Waals surface area contributed by atoms with Crippen LogP contribution in [0.2, 0.25) is 0 Å². The number of nitrogens with one attached hydrogen (secondary N) is 3. The fraction of sp³-hybridized carbons (Fsp3) is 0.667. The van der Waals surface area contributed by atoms with Gasteiger partial charge >= 0.3 is 11.9 Å². The van der Waals surface area contributed by atoms with Gasteiger partial charge in [-0.15, -0.1) is 0 Å². The Balaban J connectivity index is 3.35. The van der Waals surface area contributed by atoms with E-state index in [1.54, 1.807) is 75.3 Å². The largest absolute Gasteiger partial charge is 0.480 e. The van der Waals surface area contributed by atoms with Gasteiger partial charge in [0.1, 0.15) is 29.5 Å². The third kappa shape index (κ3) is 15.7. The minimum Gasteiger partial charge on any atom is -0.480 e. The van der Waals surface area contributed by atoms with Crippen molar-refractivity contribution in [2.45, 2.75) is 136 Å². The van der Waals surface area contributed by atoms with Crippen LogP contribution in [0.3, 0.4) is 0 Å². The summed E-state index contributed by atoms with van der Waals surface area (Å²) in [6.45, 7) is 17.8. The topological polar surface area (TPSA) is 195 Å². The lowest BCUT2D eigenvalue weighted by atomic mass is 9.92. The highest BCUT2D eigenvalue weighted by atomic mass is 19.1. The average molecular weight is 669 g/mol. The van der Waals surface area contributed by atoms with Crippen LogP contribution in [0.4, 0.5) is 4.39 Å². The van der Waals surface area contributed by atoms with E-state index in [-0.39, 0.29) is 12.0 Å². The van der Waals surface area contributed by atoms with Gasteiger partial charge in [0.15, 0.2) is 0 Å². The number of halogens is 1. The van der Waals surface area contributed by atoms with Crippen LogP contribution in [0, 0.1) is 5.82 Å². The summed E-state index contributed by atoms with van der Waals surface area (Å²) in [7, 11) is 0. The molecule has 0 radical (unpaired) electrons. The summed E-state index contributed by atoms with van der Waals surface area (Å²) in [4.78, 5) is 65.0. The Morgan fingerprint density at radius 2 is 1.38 bits per heavy atom. The highest BCUT2D eigenvalue weighted by Crippen LogP contribution is 2.18. The Kier molecular flexibility index (Phi) is 14.5. The summed E-state index contributed by atoms with van der Waals surface area (Å²) in [5.74, 6) is -5.52. The van der Waals surface area contributed by atoms with Crippen LogP contribution in [0.1, 0.15) is 88.1 Å². The SMILES string of the molecule is C[C@@H](OC(C)(C)C)[C@H](NC(=O)[C@@](C)(N)Cc1ccccc1F)C(=O)N[C@@H](COC(C)(C)C)C(=O)N[C@@H](CC(=O)OC(C)(C)C)C(=O)O. The minimum atomic E-state index is -1.68. The Bertz CT molecular complexity index is 1270. The molecule has 1 rings (SSSR count). The van der Waals surface area contributed by atoms with Crippen molar-refractivity contribution in [1.29, 1.82) is 0 Å². The average Bonchev–Trinajstić information content (AvgIpc) is 2.87. The number of hydrogen-bond acceptors (Lipinski definition) is 9. The zero-order chi connectivity index (χ0) is 36.5. The van der Waals surface area contributed by atoms with Crippen molar-refractivity contribution in [3.8, 4) is 0 Å². The Morgan fingerprint density at radius 3 is 1.87 bits per heavy atom. The van der Waals surface area contributed by atoms with Crippen molar-refractivity contribution >= 4 is 29.7 Å². The zero-order valence-corrected chi connectivity index (χ0v) is 29.4. The number of carbonyl (C=O) groups excluding carboxylic acids is 4. The molecular formula is C33H53FN4O9. The number of ether oxygens (including phenoxy) is 3. The lowest BCUT2D eigenvalue weighted by Crippen LogP contribution is -2.64. The lowest BCUT2D eigenvalue weighted by molar-refractivity contribution is -0.158. The molecule has 5 atom stereocenters. The highest BCUT2D eigenvalue weighted by Gasteiger charge is 2.39. The molecule has 0 fully saturated rings. The Labute approximate surface area is 276 Å². The first-order chi connectivity index (χ1) is 21.2. The second kappa shape index (κ2) is 16.5. The summed E-state index contributed by atoms with van der Waals surface area (Å²) < 4.78 is 31.3. The van der Waals surface area contributed by atoms with Gasteiger partial charge in [0.25, 0.3) is 0 Å². The Morgan fingerprint density at radius 1 is 0.830 bits per heavy atom. The molecule has 47 heavy (non-hydrogen) atoms. The van der Waals surface area contributed by atoms with Crippen LogP contribution in [0.5, 0.6) is 0 Å². The first-order valence-corrected chi connectivity index (χ1v) is 15.4. The standard InChI is InChI=1S/C33H53FN4O9/c1-19(46-31(5,6)7)25(38-29(44)33(11,35)17-20-14-12-13-15-21(20)34)27(41)37-23(18-45-30(2,3)4)26(40)36-22(28(42)43)16-24(39)47-32(8,9)10/h12-15,19,22-23,25H,16-18,35H2,1-11H3,(H,36,40)(H,37,41)(H,38,44)(H,42,43)/t19-,22+,23+,25+,33+/m1/s1. The van der Waals surface area contributed by atoms with E-state index in [4.69, 9.17) is 19.9 Å². The number of nitrogens with two attached hydrogens (primary N) is 1. The molecular weight excluding hydrogens is 615 g/mol. The molecule has 0 saturated heterocycles. The second-order valence-corrected chi connectivity index (χ2v) is 14.7. The molecule has 0 aliphatic heterocycles. The molecule has 0 aliphatic rings. The van der Waals surface area contributed by atoms with Crippen molar-refractivity contribution in [3.63, 3.8) is 0 Å². The lowest BCUT2D eigenvalue weighted by Gasteiger charge is -2.34. The molecule has 0 bridgehead atoms. The van der Waals surface area contributed by atoms with Crippen molar-refractivity contribution in [2.24, 2.45) is 5.73 Å². The van der Waals surface area contributed by atoms with Gasteiger partial charge in [-0.3, -0.25) is 19.2 Å². The van der Waals surface area contributed by atoms with E-state index >= 15 is 0 Å². The normalized spacial score (nSPS) is 16.1. The number of carboxylic acids is 1. The molecule has 14 heteroatoms. The molecule has 1 aromatic carbocycles. The monoisotopic (exact) mass is 668 g/mol. The number of carboxylic acid groups (broad SMARTS) is 1. The summed E-state index contributed by atoms with van der Waals surface area (Å²) in [6.07, 6.45) is -1.83. The molecule has 0 saturated carbocycles. The fourth-order valence-electron chi connectivity index (χ4n) is 4.25. The maximum Gasteiger partial charge on any atom is 0.326 e. The number of amides is 3. The second-order valence-electron chi connectivity index (χ2n) is 14.7. The predicted molar refractivity (Wildman–Crippen MR) is 173 cm³/mol. The fourth-order valence-corrected chi connectivity index (χ4v) is 4.25. The number of hydrogen-bond donors (Lipinski definition) is 5. The molecule has 0 aromatic heterocycles. The van der Waals surface area contributed by atoms with Crippen molar-refractivity contribution < 1.29 is 47.7 Å². The van der Waals surface area contributed by atoms with Gasteiger partial charge in [-0.05, 0) is 87.8 Å². The van der Waals surface area contributed by atoms with Crippen LogP contribution < -0.4 is 21.7 Å².